The van der Waals surface area contributed by atoms with Crippen LogP contribution in [0.25, 0.3) is 11.3 Å². The summed E-state index contributed by atoms with van der Waals surface area (Å²) in [6, 6.07) is 18.6. The van der Waals surface area contributed by atoms with Gasteiger partial charge in [-0.25, -0.2) is 13.6 Å². The van der Waals surface area contributed by atoms with Gasteiger partial charge < -0.3 is 9.64 Å². The van der Waals surface area contributed by atoms with E-state index in [-0.39, 0.29) is 37.6 Å². The third-order valence-corrected chi connectivity index (χ3v) is 6.11. The van der Waals surface area contributed by atoms with Crippen molar-refractivity contribution in [1.82, 2.24) is 14.7 Å². The molecule has 38 heavy (non-hydrogen) atoms. The summed E-state index contributed by atoms with van der Waals surface area (Å²) in [6.07, 6.45) is 0. The van der Waals surface area contributed by atoms with Gasteiger partial charge in [0.2, 0.25) is 0 Å². The van der Waals surface area contributed by atoms with E-state index in [1.165, 1.54) is 33.8 Å². The number of aryl methyl sites for hydroxylation is 1. The topological polar surface area (TPSA) is 82.9 Å². The van der Waals surface area contributed by atoms with E-state index in [0.717, 1.165) is 0 Å². The van der Waals surface area contributed by atoms with E-state index in [1.807, 2.05) is 0 Å². The minimum absolute atomic E-state index is 0.0351. The number of hydrogen-bond donors (Lipinski definition) is 0. The van der Waals surface area contributed by atoms with Crippen molar-refractivity contribution in [3.05, 3.63) is 107 Å². The third-order valence-electron chi connectivity index (χ3n) is 6.11. The molecule has 4 aromatic rings. The van der Waals surface area contributed by atoms with Gasteiger partial charge in [0, 0.05) is 36.8 Å². The van der Waals surface area contributed by atoms with Crippen LogP contribution in [0.1, 0.15) is 32.0 Å². The third kappa shape index (κ3) is 5.12. The van der Waals surface area contributed by atoms with Gasteiger partial charge in [0.15, 0.2) is 5.69 Å². The molecule has 0 fully saturated rings. The van der Waals surface area contributed by atoms with E-state index in [1.54, 1.807) is 55.6 Å². The zero-order valence-electron chi connectivity index (χ0n) is 20.4. The molecule has 0 spiro atoms. The number of ether oxygens (including phenoxy) is 1. The first-order valence-corrected chi connectivity index (χ1v) is 11.8. The fourth-order valence-corrected chi connectivity index (χ4v) is 4.28. The van der Waals surface area contributed by atoms with Gasteiger partial charge >= 0.3 is 5.97 Å². The normalized spacial score (nSPS) is 11.8. The molecular weight excluding hydrogens is 496 g/mol. The maximum atomic E-state index is 14.5. The van der Waals surface area contributed by atoms with Crippen LogP contribution < -0.4 is 4.74 Å². The number of carbonyl (C=O) groups is 2. The van der Waals surface area contributed by atoms with Crippen molar-refractivity contribution in [3.8, 4) is 17.0 Å². The lowest BCUT2D eigenvalue weighted by atomic mass is 10.0. The highest BCUT2D eigenvalue weighted by Gasteiger charge is 2.31. The zero-order valence-corrected chi connectivity index (χ0v) is 20.4. The number of benzene rings is 3. The minimum Gasteiger partial charge on any atom is -0.488 e. The fraction of sp³-hybridized carbons (Fsp3) is 0.179. The lowest BCUT2D eigenvalue weighted by Crippen LogP contribution is -2.35. The standard InChI is InChI=1S/C28H23F2N3O5/c1-32-26-21-15-20(29)11-12-24(21)36-17-22(26)25(31-32)27(34)33(16-19-9-5-6-10-23(19)30)13-14-37-38-28(35)18-7-3-2-4-8-18/h2-12,15H,13-14,16-17H2,1H3. The van der Waals surface area contributed by atoms with E-state index in [4.69, 9.17) is 14.5 Å². The summed E-state index contributed by atoms with van der Waals surface area (Å²) in [5.74, 6) is -1.63. The lowest BCUT2D eigenvalue weighted by molar-refractivity contribution is -0.241. The Kier molecular flexibility index (Phi) is 7.14. The van der Waals surface area contributed by atoms with Crippen LogP contribution in [0.4, 0.5) is 8.78 Å². The van der Waals surface area contributed by atoms with E-state index in [2.05, 4.69) is 5.10 Å². The largest absolute Gasteiger partial charge is 0.488 e. The van der Waals surface area contributed by atoms with Crippen molar-refractivity contribution in [2.45, 2.75) is 13.2 Å². The number of aromatic nitrogens is 2. The summed E-state index contributed by atoms with van der Waals surface area (Å²) >= 11 is 0. The molecule has 1 aliphatic rings. The van der Waals surface area contributed by atoms with E-state index in [0.29, 0.717) is 28.1 Å². The van der Waals surface area contributed by atoms with Gasteiger partial charge in [0.1, 0.15) is 30.6 Å². The average molecular weight is 520 g/mol. The number of amides is 1. The molecule has 0 saturated heterocycles. The number of hydrogen-bond acceptors (Lipinski definition) is 6. The van der Waals surface area contributed by atoms with Crippen LogP contribution in [0.5, 0.6) is 5.75 Å². The van der Waals surface area contributed by atoms with Crippen LogP contribution in [0.15, 0.2) is 72.8 Å². The molecule has 0 radical (unpaired) electrons. The molecule has 3 aromatic carbocycles. The molecule has 1 amide bonds. The summed E-state index contributed by atoms with van der Waals surface area (Å²) in [5.41, 5.74) is 2.23. The maximum absolute atomic E-state index is 14.5. The second-order valence-electron chi connectivity index (χ2n) is 8.61. The van der Waals surface area contributed by atoms with Gasteiger partial charge in [-0.2, -0.15) is 9.99 Å². The van der Waals surface area contributed by atoms with Crippen LogP contribution in [0.3, 0.4) is 0 Å². The van der Waals surface area contributed by atoms with Gasteiger partial charge in [-0.15, -0.1) is 0 Å². The summed E-state index contributed by atoms with van der Waals surface area (Å²) in [5, 5.41) is 4.40. The first-order chi connectivity index (χ1) is 18.4. The molecule has 8 nitrogen and oxygen atoms in total. The molecule has 1 aromatic heterocycles. The first kappa shape index (κ1) is 25.1. The van der Waals surface area contributed by atoms with Crippen molar-refractivity contribution in [1.29, 1.82) is 0 Å². The van der Waals surface area contributed by atoms with Gasteiger partial charge in [-0.3, -0.25) is 14.4 Å². The van der Waals surface area contributed by atoms with Crippen LogP contribution >= 0.6 is 0 Å². The van der Waals surface area contributed by atoms with Crippen LogP contribution in [-0.4, -0.2) is 39.7 Å². The smallest absolute Gasteiger partial charge is 0.373 e. The number of fused-ring (bicyclic) bond motifs is 3. The maximum Gasteiger partial charge on any atom is 0.373 e. The fourth-order valence-electron chi connectivity index (χ4n) is 4.28. The molecule has 0 atom stereocenters. The van der Waals surface area contributed by atoms with Crippen LogP contribution in [-0.2, 0) is 30.0 Å². The van der Waals surface area contributed by atoms with E-state index >= 15 is 0 Å². The van der Waals surface area contributed by atoms with Gasteiger partial charge in [-0.05, 0) is 36.4 Å². The Morgan fingerprint density at radius 1 is 1.05 bits per heavy atom. The SMILES string of the molecule is Cn1nc(C(=O)N(CCOOC(=O)c2ccccc2)Cc2ccccc2F)c2c1-c1cc(F)ccc1OC2. The highest BCUT2D eigenvalue weighted by Crippen LogP contribution is 2.39. The summed E-state index contributed by atoms with van der Waals surface area (Å²) in [4.78, 5) is 37.1. The van der Waals surface area contributed by atoms with Gasteiger partial charge in [0.05, 0.1) is 11.3 Å². The monoisotopic (exact) mass is 519 g/mol. The lowest BCUT2D eigenvalue weighted by Gasteiger charge is -2.23. The predicted octanol–water partition coefficient (Wildman–Crippen LogP) is 4.69. The molecule has 0 bridgehead atoms. The van der Waals surface area contributed by atoms with Crippen molar-refractivity contribution >= 4 is 11.9 Å². The summed E-state index contributed by atoms with van der Waals surface area (Å²) < 4.78 is 35.7. The molecule has 0 N–H and O–H groups in total. The highest BCUT2D eigenvalue weighted by atomic mass is 19.1. The molecule has 0 unspecified atom stereocenters. The van der Waals surface area contributed by atoms with Crippen molar-refractivity contribution in [3.63, 3.8) is 0 Å². The Hall–Kier alpha value is -4.57. The minimum atomic E-state index is -0.681. The quantitative estimate of drug-likeness (QED) is 0.191. The highest BCUT2D eigenvalue weighted by molar-refractivity contribution is 5.96. The molecule has 5 rings (SSSR count). The van der Waals surface area contributed by atoms with Gasteiger partial charge in [-0.1, -0.05) is 36.4 Å². The predicted molar refractivity (Wildman–Crippen MR) is 132 cm³/mol. The Labute approximate surface area is 216 Å². The molecular formula is C28H23F2N3O5. The first-order valence-electron chi connectivity index (χ1n) is 11.8. The Morgan fingerprint density at radius 3 is 2.61 bits per heavy atom. The number of halogens is 2. The van der Waals surface area contributed by atoms with Crippen molar-refractivity contribution in [2.24, 2.45) is 7.05 Å². The van der Waals surface area contributed by atoms with Gasteiger partial charge in [0.25, 0.3) is 5.91 Å². The van der Waals surface area contributed by atoms with E-state index < -0.39 is 23.5 Å². The van der Waals surface area contributed by atoms with Crippen molar-refractivity contribution in [2.75, 3.05) is 13.2 Å². The Morgan fingerprint density at radius 2 is 1.82 bits per heavy atom. The van der Waals surface area contributed by atoms with Crippen LogP contribution in [0, 0.1) is 11.6 Å². The average Bonchev–Trinajstić information content (AvgIpc) is 3.28. The van der Waals surface area contributed by atoms with Crippen LogP contribution in [0.2, 0.25) is 0 Å². The molecule has 1 aliphatic heterocycles. The zero-order chi connectivity index (χ0) is 26.6. The second kappa shape index (κ2) is 10.8. The number of rotatable bonds is 8. The number of carbonyl (C=O) groups excluding carboxylic acids is 2. The molecule has 0 saturated carbocycles. The summed E-state index contributed by atoms with van der Waals surface area (Å²) in [6.45, 7) is -0.231. The molecule has 194 valence electrons. The molecule has 10 heteroatoms. The molecule has 0 aliphatic carbocycles. The Bertz CT molecular complexity index is 1490. The number of nitrogens with zero attached hydrogens (tertiary/aromatic N) is 3. The van der Waals surface area contributed by atoms with E-state index in [9.17, 15) is 18.4 Å². The van der Waals surface area contributed by atoms with Crippen molar-refractivity contribution < 1.29 is 32.9 Å². The Balaban J connectivity index is 1.37. The molecule has 2 heterocycles. The second-order valence-corrected chi connectivity index (χ2v) is 8.61. The summed E-state index contributed by atoms with van der Waals surface area (Å²) in [7, 11) is 1.66.